The molecule has 1 saturated carbocycles. The van der Waals surface area contributed by atoms with Gasteiger partial charge in [-0.2, -0.15) is 10.4 Å². The van der Waals surface area contributed by atoms with Crippen molar-refractivity contribution < 1.29 is 0 Å². The second kappa shape index (κ2) is 7.60. The van der Waals surface area contributed by atoms with Crippen LogP contribution in [0.4, 0.5) is 0 Å². The molecule has 0 aliphatic heterocycles. The minimum atomic E-state index is -0.352. The van der Waals surface area contributed by atoms with Crippen molar-refractivity contribution in [2.45, 2.75) is 90.0 Å². The number of benzene rings is 1. The first kappa shape index (κ1) is 18.0. The average molecular weight is 338 g/mol. The third kappa shape index (κ3) is 3.19. The number of nitriles is 1. The van der Waals surface area contributed by atoms with Crippen LogP contribution in [0.15, 0.2) is 18.2 Å². The SMILES string of the molecule is CCCC(C#N)(CCC)c1ccc2c(CC)nn(C3CCCC3)c2c1. The van der Waals surface area contributed by atoms with E-state index in [4.69, 9.17) is 5.10 Å². The van der Waals surface area contributed by atoms with E-state index in [1.54, 1.807) is 0 Å². The Balaban J connectivity index is 2.14. The molecule has 2 aromatic rings. The maximum absolute atomic E-state index is 10.0. The van der Waals surface area contributed by atoms with E-state index >= 15 is 0 Å². The van der Waals surface area contributed by atoms with Gasteiger partial charge >= 0.3 is 0 Å². The first-order valence-electron chi connectivity index (χ1n) is 10.1. The van der Waals surface area contributed by atoms with Gasteiger partial charge in [-0.3, -0.25) is 4.68 Å². The van der Waals surface area contributed by atoms with Crippen LogP contribution in [-0.2, 0) is 11.8 Å². The molecule has 0 spiro atoms. The maximum atomic E-state index is 10.0. The Hall–Kier alpha value is -1.82. The van der Waals surface area contributed by atoms with E-state index < -0.39 is 0 Å². The van der Waals surface area contributed by atoms with Crippen LogP contribution < -0.4 is 0 Å². The molecule has 134 valence electrons. The van der Waals surface area contributed by atoms with Gasteiger partial charge in [0.2, 0.25) is 0 Å². The summed E-state index contributed by atoms with van der Waals surface area (Å²) in [5, 5.41) is 16.3. The van der Waals surface area contributed by atoms with E-state index in [0.717, 1.165) is 32.1 Å². The van der Waals surface area contributed by atoms with Crippen molar-refractivity contribution in [3.05, 3.63) is 29.5 Å². The number of aromatic nitrogens is 2. The lowest BCUT2D eigenvalue weighted by molar-refractivity contribution is 0.452. The number of aryl methyl sites for hydroxylation is 1. The topological polar surface area (TPSA) is 41.6 Å². The first-order chi connectivity index (χ1) is 12.2. The summed E-state index contributed by atoms with van der Waals surface area (Å²) in [6.07, 6.45) is 9.98. The summed E-state index contributed by atoms with van der Waals surface area (Å²) in [6.45, 7) is 6.54. The molecule has 0 saturated heterocycles. The molecule has 3 rings (SSSR count). The Morgan fingerprint density at radius 1 is 1.16 bits per heavy atom. The summed E-state index contributed by atoms with van der Waals surface area (Å²) in [5.41, 5.74) is 3.28. The molecule has 1 aliphatic carbocycles. The zero-order chi connectivity index (χ0) is 17.9. The van der Waals surface area contributed by atoms with Gasteiger partial charge in [-0.1, -0.05) is 58.6 Å². The lowest BCUT2D eigenvalue weighted by Gasteiger charge is -2.26. The summed E-state index contributed by atoms with van der Waals surface area (Å²) in [7, 11) is 0. The van der Waals surface area contributed by atoms with E-state index in [0.29, 0.717) is 6.04 Å². The monoisotopic (exact) mass is 337 g/mol. The molecule has 1 fully saturated rings. The predicted molar refractivity (Wildman–Crippen MR) is 104 cm³/mol. The van der Waals surface area contributed by atoms with E-state index in [2.05, 4.69) is 49.7 Å². The molecular formula is C22H31N3. The molecule has 0 amide bonds. The lowest BCUT2D eigenvalue weighted by atomic mass is 9.74. The van der Waals surface area contributed by atoms with Crippen LogP contribution in [0.2, 0.25) is 0 Å². The molecule has 1 heterocycles. The summed E-state index contributed by atoms with van der Waals surface area (Å²) in [5.74, 6) is 0. The highest BCUT2D eigenvalue weighted by atomic mass is 15.3. The van der Waals surface area contributed by atoms with Gasteiger partial charge in [0.05, 0.1) is 28.7 Å². The van der Waals surface area contributed by atoms with Crippen LogP contribution in [0.25, 0.3) is 10.9 Å². The van der Waals surface area contributed by atoms with Gasteiger partial charge in [-0.25, -0.2) is 0 Å². The first-order valence-corrected chi connectivity index (χ1v) is 10.1. The molecule has 3 nitrogen and oxygen atoms in total. The summed E-state index contributed by atoms with van der Waals surface area (Å²) < 4.78 is 2.28. The summed E-state index contributed by atoms with van der Waals surface area (Å²) in [6, 6.07) is 9.91. The largest absolute Gasteiger partial charge is 0.262 e. The van der Waals surface area contributed by atoms with Crippen molar-refractivity contribution in [1.29, 1.82) is 5.26 Å². The lowest BCUT2D eigenvalue weighted by Crippen LogP contribution is -2.24. The highest BCUT2D eigenvalue weighted by Crippen LogP contribution is 2.38. The molecule has 25 heavy (non-hydrogen) atoms. The molecule has 0 N–H and O–H groups in total. The van der Waals surface area contributed by atoms with Gasteiger partial charge in [0, 0.05) is 5.39 Å². The second-order valence-corrected chi connectivity index (χ2v) is 7.61. The Bertz CT molecular complexity index is 753. The van der Waals surface area contributed by atoms with E-state index in [1.165, 1.54) is 47.8 Å². The smallest absolute Gasteiger partial charge is 0.0823 e. The predicted octanol–water partition coefficient (Wildman–Crippen LogP) is 6.08. The standard InChI is InChI=1S/C22H31N3/c1-4-13-22(16-23,14-5-2)17-11-12-19-20(6-3)24-25(21(19)15-17)18-9-7-8-10-18/h11-12,15,18H,4-10,13-14H2,1-3H3. The van der Waals surface area contributed by atoms with Crippen molar-refractivity contribution in [3.63, 3.8) is 0 Å². The highest BCUT2D eigenvalue weighted by Gasteiger charge is 2.31. The fourth-order valence-electron chi connectivity index (χ4n) is 4.63. The molecule has 0 radical (unpaired) electrons. The zero-order valence-electron chi connectivity index (χ0n) is 16.0. The zero-order valence-corrected chi connectivity index (χ0v) is 16.0. The molecule has 1 aromatic carbocycles. The Morgan fingerprint density at radius 3 is 2.40 bits per heavy atom. The van der Waals surface area contributed by atoms with Crippen LogP contribution >= 0.6 is 0 Å². The number of hydrogen-bond acceptors (Lipinski definition) is 2. The van der Waals surface area contributed by atoms with Gasteiger partial charge < -0.3 is 0 Å². The Morgan fingerprint density at radius 2 is 1.84 bits per heavy atom. The van der Waals surface area contributed by atoms with Gasteiger partial charge in [0.1, 0.15) is 0 Å². The molecule has 0 unspecified atom stereocenters. The van der Waals surface area contributed by atoms with Crippen LogP contribution in [0.3, 0.4) is 0 Å². The van der Waals surface area contributed by atoms with Crippen LogP contribution in [0, 0.1) is 11.3 Å². The van der Waals surface area contributed by atoms with E-state index in [1.807, 2.05) is 0 Å². The minimum Gasteiger partial charge on any atom is -0.262 e. The fourth-order valence-corrected chi connectivity index (χ4v) is 4.63. The third-order valence-electron chi connectivity index (χ3n) is 5.91. The Kier molecular flexibility index (Phi) is 5.47. The van der Waals surface area contributed by atoms with Crippen molar-refractivity contribution in [1.82, 2.24) is 9.78 Å². The molecule has 1 aromatic heterocycles. The number of nitrogens with zero attached hydrogens (tertiary/aromatic N) is 3. The maximum Gasteiger partial charge on any atom is 0.0823 e. The van der Waals surface area contributed by atoms with Gasteiger partial charge in [-0.05, 0) is 43.7 Å². The number of fused-ring (bicyclic) bond motifs is 1. The van der Waals surface area contributed by atoms with E-state index in [9.17, 15) is 5.26 Å². The average Bonchev–Trinajstić information content (AvgIpc) is 3.28. The molecule has 0 bridgehead atoms. The quantitative estimate of drug-likeness (QED) is 0.614. The molecule has 3 heteroatoms. The fraction of sp³-hybridized carbons (Fsp3) is 0.636. The second-order valence-electron chi connectivity index (χ2n) is 7.61. The van der Waals surface area contributed by atoms with Crippen molar-refractivity contribution in [2.75, 3.05) is 0 Å². The summed E-state index contributed by atoms with van der Waals surface area (Å²) in [4.78, 5) is 0. The van der Waals surface area contributed by atoms with Crippen molar-refractivity contribution in [2.24, 2.45) is 0 Å². The normalized spacial score (nSPS) is 15.8. The van der Waals surface area contributed by atoms with Crippen LogP contribution in [-0.4, -0.2) is 9.78 Å². The van der Waals surface area contributed by atoms with Crippen LogP contribution in [0.5, 0.6) is 0 Å². The minimum absolute atomic E-state index is 0.352. The number of rotatable bonds is 7. The Labute approximate surface area is 152 Å². The van der Waals surface area contributed by atoms with Gasteiger partial charge in [0.25, 0.3) is 0 Å². The van der Waals surface area contributed by atoms with Crippen molar-refractivity contribution in [3.8, 4) is 6.07 Å². The molecular weight excluding hydrogens is 306 g/mol. The molecule has 1 aliphatic rings. The van der Waals surface area contributed by atoms with Gasteiger partial charge in [0.15, 0.2) is 0 Å². The van der Waals surface area contributed by atoms with Crippen LogP contribution in [0.1, 0.15) is 89.4 Å². The van der Waals surface area contributed by atoms with Crippen molar-refractivity contribution >= 4 is 10.9 Å². The molecule has 0 atom stereocenters. The number of hydrogen-bond donors (Lipinski definition) is 0. The highest BCUT2D eigenvalue weighted by molar-refractivity contribution is 5.83. The third-order valence-corrected chi connectivity index (χ3v) is 5.91. The van der Waals surface area contributed by atoms with E-state index in [-0.39, 0.29) is 5.41 Å². The van der Waals surface area contributed by atoms with Gasteiger partial charge in [-0.15, -0.1) is 0 Å². The summed E-state index contributed by atoms with van der Waals surface area (Å²) >= 11 is 0.